The van der Waals surface area contributed by atoms with Crippen molar-refractivity contribution in [3.8, 4) is 22.4 Å². The molecule has 0 aliphatic heterocycles. The first-order chi connectivity index (χ1) is 16.5. The molecule has 4 aromatic heterocycles. The largest absolute Gasteiger partial charge is 0.448 e. The van der Waals surface area contributed by atoms with E-state index in [1.807, 2.05) is 36.5 Å². The molecule has 170 valence electrons. The zero-order chi connectivity index (χ0) is 23.4. The maximum Gasteiger partial charge on any atom is 0.411 e. The highest BCUT2D eigenvalue weighted by Crippen LogP contribution is 2.36. The zero-order valence-electron chi connectivity index (χ0n) is 18.4. The SMILES string of the molecule is Cc1ocnc1Cn1nc2c(-c3ccc(=O)n(C4CC4)c3)c(-c3ccccc3)[nH+]c(N)n2c1=O. The molecular weight excluding hydrogens is 434 g/mol. The van der Waals surface area contributed by atoms with Gasteiger partial charge in [0.15, 0.2) is 6.39 Å². The van der Waals surface area contributed by atoms with Crippen LogP contribution in [0.5, 0.6) is 0 Å². The maximum atomic E-state index is 13.3. The van der Waals surface area contributed by atoms with Gasteiger partial charge in [-0.25, -0.2) is 14.8 Å². The number of oxazole rings is 1. The van der Waals surface area contributed by atoms with Crippen LogP contribution < -0.4 is 22.0 Å². The summed E-state index contributed by atoms with van der Waals surface area (Å²) in [4.78, 5) is 33.2. The van der Waals surface area contributed by atoms with E-state index in [9.17, 15) is 9.59 Å². The highest BCUT2D eigenvalue weighted by atomic mass is 16.3. The van der Waals surface area contributed by atoms with Crippen molar-refractivity contribution < 1.29 is 9.40 Å². The second-order valence-corrected chi connectivity index (χ2v) is 8.48. The molecule has 0 radical (unpaired) electrons. The fraction of sp³-hybridized carbons (Fsp3) is 0.208. The summed E-state index contributed by atoms with van der Waals surface area (Å²) in [6, 6.07) is 13.2. The van der Waals surface area contributed by atoms with E-state index in [1.165, 1.54) is 15.5 Å². The van der Waals surface area contributed by atoms with Crippen molar-refractivity contribution >= 4 is 11.6 Å². The van der Waals surface area contributed by atoms with Gasteiger partial charge in [0, 0.05) is 29.4 Å². The van der Waals surface area contributed by atoms with Crippen LogP contribution in [0.1, 0.15) is 30.3 Å². The summed E-state index contributed by atoms with van der Waals surface area (Å²) in [7, 11) is 0. The number of H-pyrrole nitrogens is 1. The monoisotopic (exact) mass is 456 g/mol. The first kappa shape index (κ1) is 20.2. The molecule has 0 saturated heterocycles. The molecule has 0 atom stereocenters. The van der Waals surface area contributed by atoms with Gasteiger partial charge in [0.2, 0.25) is 5.65 Å². The lowest BCUT2D eigenvalue weighted by molar-refractivity contribution is -0.351. The number of anilines is 1. The van der Waals surface area contributed by atoms with Gasteiger partial charge < -0.3 is 8.98 Å². The molecule has 1 aromatic carbocycles. The molecule has 1 saturated carbocycles. The Labute approximate surface area is 192 Å². The second kappa shape index (κ2) is 7.55. The molecule has 0 bridgehead atoms. The van der Waals surface area contributed by atoms with Crippen LogP contribution in [0.2, 0.25) is 0 Å². The smallest absolute Gasteiger partial charge is 0.411 e. The van der Waals surface area contributed by atoms with E-state index < -0.39 is 5.69 Å². The fourth-order valence-corrected chi connectivity index (χ4v) is 4.25. The summed E-state index contributed by atoms with van der Waals surface area (Å²) >= 11 is 0. The van der Waals surface area contributed by atoms with Crippen LogP contribution in [0.4, 0.5) is 5.95 Å². The van der Waals surface area contributed by atoms with E-state index in [0.29, 0.717) is 28.4 Å². The zero-order valence-corrected chi connectivity index (χ0v) is 18.4. The molecule has 1 fully saturated rings. The van der Waals surface area contributed by atoms with E-state index in [2.05, 4.69) is 15.1 Å². The number of aromatic amines is 1. The van der Waals surface area contributed by atoms with Crippen LogP contribution in [0.3, 0.4) is 0 Å². The Kier molecular flexibility index (Phi) is 4.47. The average Bonchev–Trinajstić information content (AvgIpc) is 3.53. The Bertz CT molecular complexity index is 1660. The number of aryl methyl sites for hydroxylation is 1. The van der Waals surface area contributed by atoms with Crippen molar-refractivity contribution in [1.82, 2.24) is 23.7 Å². The van der Waals surface area contributed by atoms with E-state index in [4.69, 9.17) is 10.2 Å². The van der Waals surface area contributed by atoms with Crippen molar-refractivity contribution in [2.24, 2.45) is 0 Å². The number of nitrogens with one attached hydrogen (secondary N) is 1. The lowest BCUT2D eigenvalue weighted by Crippen LogP contribution is -2.28. The second-order valence-electron chi connectivity index (χ2n) is 8.48. The van der Waals surface area contributed by atoms with Crippen LogP contribution in [-0.2, 0) is 6.54 Å². The van der Waals surface area contributed by atoms with Crippen LogP contribution in [-0.4, -0.2) is 23.7 Å². The predicted molar refractivity (Wildman–Crippen MR) is 124 cm³/mol. The van der Waals surface area contributed by atoms with Gasteiger partial charge in [-0.15, -0.1) is 9.50 Å². The third kappa shape index (κ3) is 3.22. The highest BCUT2D eigenvalue weighted by Gasteiger charge is 2.28. The summed E-state index contributed by atoms with van der Waals surface area (Å²) in [5.74, 6) is 0.770. The number of benzene rings is 1. The van der Waals surface area contributed by atoms with Crippen molar-refractivity contribution in [3.63, 3.8) is 0 Å². The quantitative estimate of drug-likeness (QED) is 0.431. The van der Waals surface area contributed by atoms with Gasteiger partial charge in [0.1, 0.15) is 17.1 Å². The predicted octanol–water partition coefficient (Wildman–Crippen LogP) is 2.07. The van der Waals surface area contributed by atoms with Crippen molar-refractivity contribution in [3.05, 3.63) is 87.3 Å². The van der Waals surface area contributed by atoms with Gasteiger partial charge in [-0.2, -0.15) is 4.68 Å². The van der Waals surface area contributed by atoms with Crippen LogP contribution in [0.25, 0.3) is 28.0 Å². The van der Waals surface area contributed by atoms with Gasteiger partial charge in [0.25, 0.3) is 5.56 Å². The standard InChI is InChI=1S/C24H21N7O3/c1-14-18(26-13-34-14)12-30-24(33)31-22(28-30)20(16-7-10-19(32)29(11-16)17-8-9-17)21(27-23(31)25)15-5-3-2-4-6-15/h2-7,10-11,13,17H,8-9,12H2,1H3,(H2,25,27)/p+1. The molecular formula is C24H22N7O3+. The Hall–Kier alpha value is -4.47. The minimum atomic E-state index is -0.400. The number of nitrogens with zero attached hydrogens (tertiary/aromatic N) is 5. The Morgan fingerprint density at radius 3 is 2.62 bits per heavy atom. The van der Waals surface area contributed by atoms with E-state index in [-0.39, 0.29) is 24.1 Å². The minimum Gasteiger partial charge on any atom is -0.448 e. The average molecular weight is 456 g/mol. The number of nitrogen functional groups attached to an aromatic ring is 1. The summed E-state index contributed by atoms with van der Waals surface area (Å²) in [6.07, 6.45) is 5.14. The van der Waals surface area contributed by atoms with Gasteiger partial charge in [-0.1, -0.05) is 30.3 Å². The van der Waals surface area contributed by atoms with Gasteiger partial charge in [-0.3, -0.25) is 10.5 Å². The molecule has 6 rings (SSSR count). The molecule has 1 aliphatic rings. The number of hydrogen-bond donors (Lipinski definition) is 1. The molecule has 34 heavy (non-hydrogen) atoms. The van der Waals surface area contributed by atoms with Crippen molar-refractivity contribution in [1.29, 1.82) is 0 Å². The third-order valence-electron chi connectivity index (χ3n) is 6.18. The van der Waals surface area contributed by atoms with E-state index in [0.717, 1.165) is 24.0 Å². The molecule has 0 spiro atoms. The molecule has 10 nitrogen and oxygen atoms in total. The number of nitrogens with two attached hydrogens (primary N) is 1. The van der Waals surface area contributed by atoms with Gasteiger partial charge in [0.05, 0.1) is 12.1 Å². The summed E-state index contributed by atoms with van der Waals surface area (Å²) in [6.45, 7) is 1.93. The lowest BCUT2D eigenvalue weighted by Gasteiger charge is -2.11. The Balaban J connectivity index is 1.65. The molecule has 0 unspecified atom stereocenters. The number of hydrogen-bond acceptors (Lipinski definition) is 6. The number of rotatable bonds is 5. The normalized spacial score (nSPS) is 13.6. The van der Waals surface area contributed by atoms with Crippen molar-refractivity contribution in [2.75, 3.05) is 5.73 Å². The fourth-order valence-electron chi connectivity index (χ4n) is 4.25. The lowest BCUT2D eigenvalue weighted by atomic mass is 10.0. The van der Waals surface area contributed by atoms with Crippen LogP contribution in [0.15, 0.2) is 69.1 Å². The summed E-state index contributed by atoms with van der Waals surface area (Å²) in [5, 5.41) is 4.66. The third-order valence-corrected chi connectivity index (χ3v) is 6.18. The Morgan fingerprint density at radius 2 is 1.91 bits per heavy atom. The summed E-state index contributed by atoms with van der Waals surface area (Å²) < 4.78 is 9.70. The minimum absolute atomic E-state index is 0.0487. The molecule has 3 N–H and O–H groups in total. The maximum absolute atomic E-state index is 13.3. The molecule has 1 aliphatic carbocycles. The molecule has 10 heteroatoms. The first-order valence-electron chi connectivity index (χ1n) is 11.0. The molecule has 5 aromatic rings. The number of aromatic nitrogens is 6. The number of fused-ring (bicyclic) bond motifs is 1. The molecule has 4 heterocycles. The van der Waals surface area contributed by atoms with Gasteiger partial charge in [-0.05, 0) is 25.8 Å². The van der Waals surface area contributed by atoms with Gasteiger partial charge >= 0.3 is 11.6 Å². The number of pyridine rings is 1. The van der Waals surface area contributed by atoms with E-state index >= 15 is 0 Å². The highest BCUT2D eigenvalue weighted by molar-refractivity contribution is 5.88. The van der Waals surface area contributed by atoms with Crippen LogP contribution >= 0.6 is 0 Å². The van der Waals surface area contributed by atoms with Crippen LogP contribution in [0, 0.1) is 6.92 Å². The first-order valence-corrected chi connectivity index (χ1v) is 11.0. The topological polar surface area (TPSA) is 127 Å². The Morgan fingerprint density at radius 1 is 1.12 bits per heavy atom. The van der Waals surface area contributed by atoms with E-state index in [1.54, 1.807) is 23.6 Å². The summed E-state index contributed by atoms with van der Waals surface area (Å²) in [5.41, 5.74) is 9.93. The molecule has 0 amide bonds. The van der Waals surface area contributed by atoms with Crippen molar-refractivity contribution in [2.45, 2.75) is 32.4 Å².